The number of nitrogens with two attached hydrogens (primary N) is 1. The second kappa shape index (κ2) is 4.21. The molecule has 0 aliphatic carbocycles. The minimum atomic E-state index is 0.386. The Labute approximate surface area is 86.8 Å². The van der Waals surface area contributed by atoms with E-state index in [1.165, 1.54) is 0 Å². The highest BCUT2D eigenvalue weighted by Gasteiger charge is 1.98. The second-order valence-electron chi connectivity index (χ2n) is 2.73. The topological polar surface area (TPSA) is 63.8 Å². The van der Waals surface area contributed by atoms with Crippen molar-refractivity contribution in [2.45, 2.75) is 6.92 Å². The molecule has 0 unspecified atom stereocenters. The number of aryl methyl sites for hydroxylation is 1. The third kappa shape index (κ3) is 2.31. The molecule has 0 saturated heterocycles. The third-order valence-electron chi connectivity index (χ3n) is 1.60. The largest absolute Gasteiger partial charge is 0.307 e. The van der Waals surface area contributed by atoms with Gasteiger partial charge in [-0.2, -0.15) is 0 Å². The maximum absolute atomic E-state index is 5.62. The summed E-state index contributed by atoms with van der Waals surface area (Å²) in [4.78, 5) is 8.32. The number of nitrogen functional groups attached to an aromatic ring is 1. The number of allylic oxidation sites excluding steroid dienone is 1. The van der Waals surface area contributed by atoms with Crippen LogP contribution in [0.2, 0.25) is 0 Å². The van der Waals surface area contributed by atoms with Crippen molar-refractivity contribution in [3.8, 4) is 0 Å². The molecule has 1 aromatic rings. The Balaban J connectivity index is 3.44. The van der Waals surface area contributed by atoms with Crippen LogP contribution in [0.15, 0.2) is 11.6 Å². The summed E-state index contributed by atoms with van der Waals surface area (Å²) in [6.45, 7) is 9.05. The van der Waals surface area contributed by atoms with E-state index in [-0.39, 0.29) is 0 Å². The SMILES string of the molecule is C=C(Cl)/C=c1/nc(C)c(NN)nc1=C. The molecule has 0 spiro atoms. The lowest BCUT2D eigenvalue weighted by atomic mass is 10.4. The zero-order chi connectivity index (χ0) is 10.7. The van der Waals surface area contributed by atoms with Gasteiger partial charge in [0.2, 0.25) is 0 Å². The van der Waals surface area contributed by atoms with Crippen LogP contribution < -0.4 is 22.0 Å². The summed E-state index contributed by atoms with van der Waals surface area (Å²) in [5, 5.41) is 1.49. The number of hydrazine groups is 1. The number of hydrogen-bond acceptors (Lipinski definition) is 4. The van der Waals surface area contributed by atoms with E-state index < -0.39 is 0 Å². The lowest BCUT2D eigenvalue weighted by Crippen LogP contribution is -2.33. The minimum absolute atomic E-state index is 0.386. The molecule has 0 bridgehead atoms. The molecular formula is C9H11ClN4. The highest BCUT2D eigenvalue weighted by molar-refractivity contribution is 6.33. The molecule has 0 amide bonds. The van der Waals surface area contributed by atoms with Crippen molar-refractivity contribution in [3.63, 3.8) is 0 Å². The molecule has 3 N–H and O–H groups in total. The summed E-state index contributed by atoms with van der Waals surface area (Å²) in [5.41, 5.74) is 3.12. The number of rotatable bonds is 2. The predicted molar refractivity (Wildman–Crippen MR) is 58.8 cm³/mol. The maximum atomic E-state index is 5.62. The van der Waals surface area contributed by atoms with Crippen LogP contribution in [0.3, 0.4) is 0 Å². The standard InChI is InChI=1S/C9H11ClN4/c1-5(10)4-8-6(2)13-9(14-11)7(3)12-8/h4H,1-2,11H2,3H3,(H,13,14)/b8-4+. The first-order valence-corrected chi connectivity index (χ1v) is 4.28. The van der Waals surface area contributed by atoms with Crippen molar-refractivity contribution in [3.05, 3.63) is 28.0 Å². The summed E-state index contributed by atoms with van der Waals surface area (Å²) in [7, 11) is 0. The molecule has 4 nitrogen and oxygen atoms in total. The number of nitrogens with one attached hydrogen (secondary N) is 1. The van der Waals surface area contributed by atoms with E-state index in [0.29, 0.717) is 27.2 Å². The summed E-state index contributed by atoms with van der Waals surface area (Å²) in [6.07, 6.45) is 1.60. The van der Waals surface area contributed by atoms with Gasteiger partial charge < -0.3 is 5.43 Å². The number of hydrogen-bond donors (Lipinski definition) is 2. The van der Waals surface area contributed by atoms with Gasteiger partial charge >= 0.3 is 0 Å². The Morgan fingerprint density at radius 1 is 1.57 bits per heavy atom. The van der Waals surface area contributed by atoms with Crippen molar-refractivity contribution < 1.29 is 0 Å². The first kappa shape index (κ1) is 10.7. The average Bonchev–Trinajstić information content (AvgIpc) is 2.10. The zero-order valence-corrected chi connectivity index (χ0v) is 8.60. The predicted octanol–water partition coefficient (Wildman–Crippen LogP) is 0.0139. The maximum Gasteiger partial charge on any atom is 0.162 e. The molecule has 0 aliphatic heterocycles. The molecule has 14 heavy (non-hydrogen) atoms. The van der Waals surface area contributed by atoms with Gasteiger partial charge in [-0.05, 0) is 13.0 Å². The summed E-state index contributed by atoms with van der Waals surface area (Å²) >= 11 is 5.62. The fraction of sp³-hybridized carbons (Fsp3) is 0.111. The van der Waals surface area contributed by atoms with Crippen molar-refractivity contribution in [2.75, 3.05) is 5.43 Å². The van der Waals surface area contributed by atoms with Gasteiger partial charge in [-0.1, -0.05) is 24.8 Å². The Hall–Kier alpha value is -1.39. The molecule has 1 rings (SSSR count). The monoisotopic (exact) mass is 210 g/mol. The van der Waals surface area contributed by atoms with Gasteiger partial charge in [0.05, 0.1) is 16.4 Å². The van der Waals surface area contributed by atoms with Crippen molar-refractivity contribution in [1.82, 2.24) is 9.97 Å². The molecule has 0 aromatic carbocycles. The highest BCUT2D eigenvalue weighted by Crippen LogP contribution is 2.00. The molecule has 0 saturated carbocycles. The van der Waals surface area contributed by atoms with Gasteiger partial charge in [0.1, 0.15) is 0 Å². The summed E-state index contributed by atoms with van der Waals surface area (Å²) < 4.78 is 0. The fourth-order valence-corrected chi connectivity index (χ4v) is 1.08. The van der Waals surface area contributed by atoms with Crippen LogP contribution in [0.1, 0.15) is 5.69 Å². The van der Waals surface area contributed by atoms with Crippen LogP contribution in [0, 0.1) is 6.92 Å². The van der Waals surface area contributed by atoms with E-state index in [4.69, 9.17) is 17.4 Å². The van der Waals surface area contributed by atoms with Gasteiger partial charge in [-0.3, -0.25) is 0 Å². The lowest BCUT2D eigenvalue weighted by molar-refractivity contribution is 1.03. The van der Waals surface area contributed by atoms with E-state index >= 15 is 0 Å². The van der Waals surface area contributed by atoms with Crippen molar-refractivity contribution >= 4 is 30.1 Å². The minimum Gasteiger partial charge on any atom is -0.307 e. The molecule has 1 heterocycles. The first-order chi connectivity index (χ1) is 6.54. The van der Waals surface area contributed by atoms with Crippen LogP contribution in [0.4, 0.5) is 5.82 Å². The van der Waals surface area contributed by atoms with Crippen LogP contribution in [-0.2, 0) is 0 Å². The number of aromatic nitrogens is 2. The second-order valence-corrected chi connectivity index (χ2v) is 3.21. The molecule has 0 atom stereocenters. The van der Waals surface area contributed by atoms with E-state index in [0.717, 1.165) is 0 Å². The van der Waals surface area contributed by atoms with Gasteiger partial charge in [0, 0.05) is 5.03 Å². The van der Waals surface area contributed by atoms with E-state index in [1.807, 2.05) is 0 Å². The fourth-order valence-electron chi connectivity index (χ4n) is 0.972. The van der Waals surface area contributed by atoms with Crippen LogP contribution >= 0.6 is 11.6 Å². The van der Waals surface area contributed by atoms with Gasteiger partial charge in [-0.25, -0.2) is 15.8 Å². The summed E-state index contributed by atoms with van der Waals surface area (Å²) in [5.74, 6) is 5.74. The molecular weight excluding hydrogens is 200 g/mol. The van der Waals surface area contributed by atoms with E-state index in [9.17, 15) is 0 Å². The molecule has 1 aromatic heterocycles. The van der Waals surface area contributed by atoms with Crippen LogP contribution in [0.25, 0.3) is 12.7 Å². The molecule has 0 radical (unpaired) electrons. The Morgan fingerprint density at radius 2 is 2.21 bits per heavy atom. The van der Waals surface area contributed by atoms with E-state index in [1.54, 1.807) is 13.0 Å². The molecule has 74 valence electrons. The smallest absolute Gasteiger partial charge is 0.162 e. The first-order valence-electron chi connectivity index (χ1n) is 3.91. The van der Waals surface area contributed by atoms with Crippen molar-refractivity contribution in [2.24, 2.45) is 5.84 Å². The Bertz CT molecular complexity index is 466. The van der Waals surface area contributed by atoms with Crippen LogP contribution in [0.5, 0.6) is 0 Å². The van der Waals surface area contributed by atoms with E-state index in [2.05, 4.69) is 28.6 Å². The quantitative estimate of drug-likeness (QED) is 0.534. The lowest BCUT2D eigenvalue weighted by Gasteiger charge is -2.01. The zero-order valence-electron chi connectivity index (χ0n) is 7.84. The molecule has 0 aliphatic rings. The number of halogens is 1. The van der Waals surface area contributed by atoms with Crippen LogP contribution in [-0.4, -0.2) is 9.97 Å². The van der Waals surface area contributed by atoms with Crippen molar-refractivity contribution in [1.29, 1.82) is 0 Å². The Morgan fingerprint density at radius 3 is 2.71 bits per heavy atom. The Kier molecular flexibility index (Phi) is 3.22. The number of nitrogens with zero attached hydrogens (tertiary/aromatic N) is 2. The van der Waals surface area contributed by atoms with Gasteiger partial charge in [0.15, 0.2) is 5.82 Å². The number of anilines is 1. The van der Waals surface area contributed by atoms with Gasteiger partial charge in [-0.15, -0.1) is 0 Å². The molecule has 0 fully saturated rings. The summed E-state index contributed by atoms with van der Waals surface area (Å²) in [6, 6.07) is 0. The third-order valence-corrected chi connectivity index (χ3v) is 1.71. The normalized spacial score (nSPS) is 11.5. The molecule has 5 heteroatoms. The van der Waals surface area contributed by atoms with Gasteiger partial charge in [0.25, 0.3) is 0 Å². The average molecular weight is 211 g/mol. The highest BCUT2D eigenvalue weighted by atomic mass is 35.5.